The predicted molar refractivity (Wildman–Crippen MR) is 57.6 cm³/mol. The summed E-state index contributed by atoms with van der Waals surface area (Å²) < 4.78 is 0. The fraction of sp³-hybridized carbons (Fsp3) is 0.600. The van der Waals surface area contributed by atoms with Gasteiger partial charge in [-0.25, -0.2) is 0 Å². The summed E-state index contributed by atoms with van der Waals surface area (Å²) in [5.74, 6) is 0. The van der Waals surface area contributed by atoms with E-state index in [1.54, 1.807) is 0 Å². The maximum Gasteiger partial charge on any atom is 1.00 e. The number of nitrogens with one attached hydrogen (secondary N) is 1. The van der Waals surface area contributed by atoms with Gasteiger partial charge in [-0.3, -0.25) is 0 Å². The van der Waals surface area contributed by atoms with Crippen molar-refractivity contribution in [3.63, 3.8) is 0 Å². The van der Waals surface area contributed by atoms with Crippen molar-refractivity contribution in [3.05, 3.63) is 18.3 Å². The molecule has 0 atom stereocenters. The van der Waals surface area contributed by atoms with E-state index in [9.17, 15) is 0 Å². The van der Waals surface area contributed by atoms with Crippen molar-refractivity contribution in [2.24, 2.45) is 0 Å². The molecular weight excluding hydrogens is 152 g/mol. The Hall–Kier alpha value is -0.0577. The van der Waals surface area contributed by atoms with E-state index in [0.29, 0.717) is 0 Å². The van der Waals surface area contributed by atoms with Crippen LogP contribution >= 0.6 is 0 Å². The largest absolute Gasteiger partial charge is 1.00 e. The second-order valence-corrected chi connectivity index (χ2v) is 3.83. The van der Waals surface area contributed by atoms with E-state index in [4.69, 9.17) is 0 Å². The molecule has 0 aromatic carbocycles. The van der Waals surface area contributed by atoms with Crippen LogP contribution in [-0.4, -0.2) is 11.1 Å². The molecule has 1 N–H and O–H groups in total. The molecule has 0 spiro atoms. The van der Waals surface area contributed by atoms with Gasteiger partial charge in [-0.15, -0.1) is 5.59 Å². The Balaban J connectivity index is 0.00000144. The van der Waals surface area contributed by atoms with Crippen LogP contribution in [0.15, 0.2) is 18.3 Å². The second kappa shape index (κ2) is 5.63. The molecule has 0 bridgehead atoms. The van der Waals surface area contributed by atoms with Gasteiger partial charge in [0.2, 0.25) is 0 Å². The van der Waals surface area contributed by atoms with Crippen molar-refractivity contribution >= 4 is 11.7 Å². The number of aromatic nitrogens is 1. The first-order valence-electron chi connectivity index (χ1n) is 5.13. The third kappa shape index (κ3) is 2.45. The Morgan fingerprint density at radius 2 is 1.69 bits per heavy atom. The van der Waals surface area contributed by atoms with Crippen molar-refractivity contribution < 1.29 is 18.9 Å². The van der Waals surface area contributed by atoms with E-state index in [1.165, 1.54) is 24.6 Å². The van der Waals surface area contributed by atoms with E-state index in [-0.39, 0.29) is 25.0 Å². The van der Waals surface area contributed by atoms with Gasteiger partial charge in [0.05, 0.1) is 0 Å². The molecule has 1 rings (SSSR count). The zero-order chi connectivity index (χ0) is 9.03. The Bertz CT molecular complexity index is 209. The van der Waals surface area contributed by atoms with E-state index in [0.717, 1.165) is 0 Å². The van der Waals surface area contributed by atoms with Crippen LogP contribution in [0.4, 0.5) is 0 Å². The zero-order valence-corrected chi connectivity index (χ0v) is 9.43. The Morgan fingerprint density at radius 1 is 1.15 bits per heavy atom. The summed E-state index contributed by atoms with van der Waals surface area (Å²) in [5, 5.41) is 0. The molecule has 1 aromatic rings. The van der Waals surface area contributed by atoms with Gasteiger partial charge in [0.25, 0.3) is 0 Å². The number of rotatable bonds is 4. The van der Waals surface area contributed by atoms with Crippen molar-refractivity contribution in [2.75, 3.05) is 0 Å². The van der Waals surface area contributed by atoms with Gasteiger partial charge in [0, 0.05) is 6.15 Å². The van der Waals surface area contributed by atoms with Crippen LogP contribution < -0.4 is 24.5 Å². The van der Waals surface area contributed by atoms with Crippen LogP contribution in [0.5, 0.6) is 0 Å². The standard InChI is InChI=1S/C10H19BN.Li/c1-4-11(5-2,6-3)10-8-7-9-12-10;/h7-9,12H,4-6H2,1-3H3;/q-1;+1. The molecule has 0 aliphatic carbocycles. The van der Waals surface area contributed by atoms with Gasteiger partial charge >= 0.3 is 18.9 Å². The van der Waals surface area contributed by atoms with Crippen molar-refractivity contribution in [2.45, 2.75) is 39.7 Å². The maximum absolute atomic E-state index is 3.36. The van der Waals surface area contributed by atoms with Gasteiger partial charge in [0.15, 0.2) is 0 Å². The first-order chi connectivity index (χ1) is 5.79. The fourth-order valence-corrected chi connectivity index (χ4v) is 2.25. The van der Waals surface area contributed by atoms with Crippen molar-refractivity contribution in [3.8, 4) is 0 Å². The van der Waals surface area contributed by atoms with Crippen LogP contribution in [0.3, 0.4) is 0 Å². The van der Waals surface area contributed by atoms with Gasteiger partial charge in [0.1, 0.15) is 0 Å². The van der Waals surface area contributed by atoms with Gasteiger partial charge in [-0.1, -0.05) is 26.8 Å². The fourth-order valence-electron chi connectivity index (χ4n) is 2.25. The van der Waals surface area contributed by atoms with Crippen LogP contribution in [-0.2, 0) is 0 Å². The summed E-state index contributed by atoms with van der Waals surface area (Å²) in [7, 11) is 0. The molecule has 0 radical (unpaired) electrons. The molecule has 0 fully saturated rings. The summed E-state index contributed by atoms with van der Waals surface area (Å²) in [6, 6.07) is 4.34. The average molecular weight is 171 g/mol. The summed E-state index contributed by atoms with van der Waals surface area (Å²) in [6.45, 7) is 6.90. The minimum Gasteiger partial charge on any atom is -0.403 e. The number of hydrogen-bond acceptors (Lipinski definition) is 0. The summed E-state index contributed by atoms with van der Waals surface area (Å²) in [5.41, 5.74) is 1.46. The molecule has 0 amide bonds. The molecule has 1 nitrogen and oxygen atoms in total. The van der Waals surface area contributed by atoms with Crippen molar-refractivity contribution in [1.82, 2.24) is 4.98 Å². The predicted octanol–water partition coefficient (Wildman–Crippen LogP) is -0.266. The van der Waals surface area contributed by atoms with Gasteiger partial charge in [-0.05, 0) is 12.3 Å². The van der Waals surface area contributed by atoms with Gasteiger partial charge in [-0.2, -0.15) is 19.0 Å². The Morgan fingerprint density at radius 3 is 2.00 bits per heavy atom. The summed E-state index contributed by atoms with van der Waals surface area (Å²) >= 11 is 0. The number of hydrogen-bond donors (Lipinski definition) is 1. The molecule has 0 aliphatic heterocycles. The SMILES string of the molecule is CC[B-](CC)(CC)c1ccc[nH]1.[Li+]. The zero-order valence-electron chi connectivity index (χ0n) is 9.43. The summed E-state index contributed by atoms with van der Waals surface area (Å²) in [6.07, 6.45) is 5.61. The number of aromatic amines is 1. The van der Waals surface area contributed by atoms with Crippen LogP contribution in [0.1, 0.15) is 20.8 Å². The topological polar surface area (TPSA) is 15.8 Å². The van der Waals surface area contributed by atoms with Crippen LogP contribution in [0, 0.1) is 0 Å². The molecule has 68 valence electrons. The number of H-pyrrole nitrogens is 1. The Labute approximate surface area is 93.8 Å². The van der Waals surface area contributed by atoms with Crippen LogP contribution in [0.25, 0.3) is 0 Å². The van der Waals surface area contributed by atoms with Gasteiger partial charge < -0.3 is 4.98 Å². The molecule has 3 heteroatoms. The molecule has 0 unspecified atom stereocenters. The molecule has 1 heterocycles. The second-order valence-electron chi connectivity index (χ2n) is 3.83. The first kappa shape index (κ1) is 12.9. The van der Waals surface area contributed by atoms with Crippen molar-refractivity contribution in [1.29, 1.82) is 0 Å². The third-order valence-electron chi connectivity index (χ3n) is 3.63. The smallest absolute Gasteiger partial charge is 0.403 e. The minimum absolute atomic E-state index is 0. The average Bonchev–Trinajstić information content (AvgIpc) is 2.62. The molecule has 0 aliphatic rings. The Kier molecular flexibility index (Phi) is 5.60. The van der Waals surface area contributed by atoms with E-state index in [1.807, 2.05) is 6.20 Å². The monoisotopic (exact) mass is 171 g/mol. The van der Waals surface area contributed by atoms with Crippen LogP contribution in [0.2, 0.25) is 19.0 Å². The first-order valence-corrected chi connectivity index (χ1v) is 5.13. The molecule has 0 saturated heterocycles. The molecule has 13 heavy (non-hydrogen) atoms. The molecular formula is C10H19BLiN. The maximum atomic E-state index is 3.36. The van der Waals surface area contributed by atoms with E-state index < -0.39 is 0 Å². The molecule has 1 aromatic heterocycles. The minimum atomic E-state index is -0.278. The third-order valence-corrected chi connectivity index (χ3v) is 3.63. The normalized spacial score (nSPS) is 11.0. The van der Waals surface area contributed by atoms with E-state index in [2.05, 4.69) is 37.9 Å². The quantitative estimate of drug-likeness (QED) is 0.600. The molecule has 0 saturated carbocycles. The van der Waals surface area contributed by atoms with E-state index >= 15 is 0 Å². The summed E-state index contributed by atoms with van der Waals surface area (Å²) in [4.78, 5) is 3.36.